The Morgan fingerprint density at radius 3 is 1.46 bits per heavy atom. The van der Waals surface area contributed by atoms with E-state index in [1.165, 1.54) is 37.7 Å². The number of rotatable bonds is 7. The van der Waals surface area contributed by atoms with Crippen molar-refractivity contribution in [2.75, 3.05) is 0 Å². The molecule has 0 saturated carbocycles. The smallest absolute Gasteiger partial charge is 0.160 e. The van der Waals surface area contributed by atoms with Gasteiger partial charge in [0.05, 0.1) is 22.4 Å². The van der Waals surface area contributed by atoms with Crippen LogP contribution in [-0.2, 0) is 0 Å². The van der Waals surface area contributed by atoms with Gasteiger partial charge in [-0.25, -0.2) is 9.97 Å². The lowest BCUT2D eigenvalue weighted by molar-refractivity contribution is 1.17. The lowest BCUT2D eigenvalue weighted by Gasteiger charge is -2.13. The molecule has 13 rings (SSSR count). The largest absolute Gasteiger partial charge is 0.309 e. The van der Waals surface area contributed by atoms with Crippen LogP contribution in [0.3, 0.4) is 0 Å². The van der Waals surface area contributed by atoms with Gasteiger partial charge in [-0.05, 0) is 120 Å². The summed E-state index contributed by atoms with van der Waals surface area (Å²) in [6, 6.07) is 82.5. The molecule has 4 heteroatoms. The van der Waals surface area contributed by atoms with Crippen LogP contribution in [-0.4, -0.2) is 19.5 Å². The number of fused-ring (bicyclic) bond motifs is 9. The Hall–Kier alpha value is -8.99. The van der Waals surface area contributed by atoms with Gasteiger partial charge in [-0.1, -0.05) is 176 Å². The van der Waals surface area contributed by atoms with Crippen molar-refractivity contribution in [3.05, 3.63) is 243 Å². The van der Waals surface area contributed by atoms with E-state index in [1.54, 1.807) is 0 Å². The van der Waals surface area contributed by atoms with Crippen LogP contribution in [0.5, 0.6) is 0 Å². The molecule has 0 aliphatic heterocycles. The Labute approximate surface area is 387 Å². The molecule has 0 unspecified atom stereocenters. The van der Waals surface area contributed by atoms with E-state index in [4.69, 9.17) is 9.97 Å². The molecule has 67 heavy (non-hydrogen) atoms. The Balaban J connectivity index is 0.914. The highest BCUT2D eigenvalue weighted by molar-refractivity contribution is 6.25. The van der Waals surface area contributed by atoms with E-state index in [0.29, 0.717) is 5.82 Å². The molecule has 0 aliphatic carbocycles. The summed E-state index contributed by atoms with van der Waals surface area (Å²) >= 11 is 0. The highest BCUT2D eigenvalue weighted by Crippen LogP contribution is 2.39. The monoisotopic (exact) mass is 852 g/mol. The molecule has 0 spiro atoms. The zero-order valence-electron chi connectivity index (χ0n) is 36.4. The molecule has 10 aromatic carbocycles. The van der Waals surface area contributed by atoms with Crippen LogP contribution in [0.25, 0.3) is 127 Å². The molecule has 4 nitrogen and oxygen atoms in total. The van der Waals surface area contributed by atoms with Crippen molar-refractivity contribution >= 4 is 54.1 Å². The van der Waals surface area contributed by atoms with E-state index in [9.17, 15) is 0 Å². The Bertz CT molecular complexity index is 3990. The predicted molar refractivity (Wildman–Crippen MR) is 279 cm³/mol. The van der Waals surface area contributed by atoms with Crippen LogP contribution < -0.4 is 0 Å². The van der Waals surface area contributed by atoms with Crippen molar-refractivity contribution in [1.82, 2.24) is 19.5 Å². The maximum Gasteiger partial charge on any atom is 0.160 e. The first-order chi connectivity index (χ1) is 33.2. The summed E-state index contributed by atoms with van der Waals surface area (Å²) in [6.45, 7) is 0. The fraction of sp³-hybridized carbons (Fsp3) is 0. The molecule has 0 atom stereocenters. The molecule has 0 N–H and O–H groups in total. The predicted octanol–water partition coefficient (Wildman–Crippen LogP) is 16.4. The Kier molecular flexibility index (Phi) is 9.14. The number of nitrogens with zero attached hydrogens (tertiary/aromatic N) is 4. The Morgan fingerprint density at radius 2 is 0.731 bits per heavy atom. The summed E-state index contributed by atoms with van der Waals surface area (Å²) in [5.74, 6) is 0.676. The SMILES string of the molecule is c1ccc(-c2cccc(-c3cc(-c4ccc(-c5ccc6c(c5)c5cnccc5n6-c5ccccc5)cc4)nc(-c4cccc(-c5ccc6c7ccccc7c7ccccc7c6c5)c4)n3)c2)cc1. The first kappa shape index (κ1) is 38.5. The van der Waals surface area contributed by atoms with Crippen molar-refractivity contribution in [3.63, 3.8) is 0 Å². The zero-order chi connectivity index (χ0) is 44.3. The number of benzene rings is 10. The van der Waals surface area contributed by atoms with Crippen LogP contribution in [0.2, 0.25) is 0 Å². The second kappa shape index (κ2) is 15.9. The molecule has 0 saturated heterocycles. The van der Waals surface area contributed by atoms with Gasteiger partial charge >= 0.3 is 0 Å². The third-order valence-electron chi connectivity index (χ3n) is 13.3. The fourth-order valence-electron chi connectivity index (χ4n) is 10.0. The third kappa shape index (κ3) is 6.74. The summed E-state index contributed by atoms with van der Waals surface area (Å²) in [5.41, 5.74) is 15.0. The van der Waals surface area contributed by atoms with Gasteiger partial charge < -0.3 is 4.57 Å². The first-order valence-electron chi connectivity index (χ1n) is 22.7. The molecular formula is C63H40N4. The fourth-order valence-corrected chi connectivity index (χ4v) is 10.0. The average molecular weight is 853 g/mol. The van der Waals surface area contributed by atoms with E-state index >= 15 is 0 Å². The summed E-state index contributed by atoms with van der Waals surface area (Å²) in [5, 5.41) is 9.87. The number of pyridine rings is 1. The summed E-state index contributed by atoms with van der Waals surface area (Å²) < 4.78 is 2.32. The van der Waals surface area contributed by atoms with Crippen LogP contribution in [0, 0.1) is 0 Å². The maximum atomic E-state index is 5.33. The highest BCUT2D eigenvalue weighted by atomic mass is 15.0. The first-order valence-corrected chi connectivity index (χ1v) is 22.7. The maximum absolute atomic E-state index is 5.33. The zero-order valence-corrected chi connectivity index (χ0v) is 36.4. The van der Waals surface area contributed by atoms with Crippen molar-refractivity contribution in [2.24, 2.45) is 0 Å². The topological polar surface area (TPSA) is 43.6 Å². The van der Waals surface area contributed by atoms with Crippen molar-refractivity contribution in [2.45, 2.75) is 0 Å². The second-order valence-corrected chi connectivity index (χ2v) is 17.2. The molecule has 0 bridgehead atoms. The minimum absolute atomic E-state index is 0.676. The third-order valence-corrected chi connectivity index (χ3v) is 13.3. The number of hydrogen-bond donors (Lipinski definition) is 0. The van der Waals surface area contributed by atoms with Crippen LogP contribution >= 0.6 is 0 Å². The van der Waals surface area contributed by atoms with Crippen molar-refractivity contribution in [3.8, 4) is 73.0 Å². The summed E-state index contributed by atoms with van der Waals surface area (Å²) in [7, 11) is 0. The van der Waals surface area contributed by atoms with Crippen LogP contribution in [0.4, 0.5) is 0 Å². The molecule has 0 amide bonds. The second-order valence-electron chi connectivity index (χ2n) is 17.2. The van der Waals surface area contributed by atoms with Gasteiger partial charge in [0.15, 0.2) is 5.82 Å². The van der Waals surface area contributed by atoms with Gasteiger partial charge in [-0.15, -0.1) is 0 Å². The molecule has 0 radical (unpaired) electrons. The van der Waals surface area contributed by atoms with Gasteiger partial charge in [0, 0.05) is 45.5 Å². The molecule has 3 heterocycles. The van der Waals surface area contributed by atoms with E-state index in [1.807, 2.05) is 12.4 Å². The number of hydrogen-bond acceptors (Lipinski definition) is 3. The molecule has 0 fully saturated rings. The van der Waals surface area contributed by atoms with Gasteiger partial charge in [0.25, 0.3) is 0 Å². The van der Waals surface area contributed by atoms with Gasteiger partial charge in [0.1, 0.15) is 0 Å². The van der Waals surface area contributed by atoms with Gasteiger partial charge in [0.2, 0.25) is 0 Å². The average Bonchev–Trinajstić information content (AvgIpc) is 3.75. The molecular weight excluding hydrogens is 813 g/mol. The van der Waals surface area contributed by atoms with Crippen LogP contribution in [0.15, 0.2) is 243 Å². The number of para-hydroxylation sites is 1. The van der Waals surface area contributed by atoms with E-state index in [0.717, 1.165) is 83.6 Å². The molecule has 312 valence electrons. The van der Waals surface area contributed by atoms with E-state index in [-0.39, 0.29) is 0 Å². The lowest BCUT2D eigenvalue weighted by atomic mass is 9.92. The lowest BCUT2D eigenvalue weighted by Crippen LogP contribution is -1.96. The molecule has 13 aromatic rings. The van der Waals surface area contributed by atoms with Crippen LogP contribution in [0.1, 0.15) is 0 Å². The Morgan fingerprint density at radius 1 is 0.269 bits per heavy atom. The number of aromatic nitrogens is 4. The summed E-state index contributed by atoms with van der Waals surface area (Å²) in [4.78, 5) is 15.2. The minimum atomic E-state index is 0.676. The van der Waals surface area contributed by atoms with E-state index in [2.05, 4.69) is 240 Å². The van der Waals surface area contributed by atoms with Gasteiger partial charge in [-0.2, -0.15) is 0 Å². The van der Waals surface area contributed by atoms with Crippen molar-refractivity contribution < 1.29 is 0 Å². The van der Waals surface area contributed by atoms with Crippen molar-refractivity contribution in [1.29, 1.82) is 0 Å². The highest BCUT2D eigenvalue weighted by Gasteiger charge is 2.16. The summed E-state index contributed by atoms with van der Waals surface area (Å²) in [6.07, 6.45) is 3.85. The molecule has 0 aliphatic rings. The molecule has 3 aromatic heterocycles. The van der Waals surface area contributed by atoms with Gasteiger partial charge in [-0.3, -0.25) is 4.98 Å². The normalized spacial score (nSPS) is 11.6. The van der Waals surface area contributed by atoms with E-state index < -0.39 is 0 Å². The quantitative estimate of drug-likeness (QED) is 0.150. The minimum Gasteiger partial charge on any atom is -0.309 e. The standard InChI is InChI=1S/C63H40N4/c1-3-13-41(14-4-1)44-15-11-17-48(35-44)60-39-59(43-27-25-42(26-28-43)46-30-32-61-57(38-46)58-40-64-34-33-62(58)67(61)50-19-5-2-6-20-50)65-63(66-60)49-18-12-16-45(36-49)47-29-31-55-53-23-8-7-21-51(53)52-22-9-10-24-54(52)56(55)37-47/h1-40H.